The topological polar surface area (TPSA) is 64.3 Å². The van der Waals surface area contributed by atoms with E-state index in [4.69, 9.17) is 10.5 Å². The number of alkyl halides is 2. The second-order valence-corrected chi connectivity index (χ2v) is 3.98. The Morgan fingerprint density at radius 3 is 2.68 bits per heavy atom. The molecule has 0 aliphatic carbocycles. The van der Waals surface area contributed by atoms with E-state index in [1.807, 2.05) is 5.32 Å². The van der Waals surface area contributed by atoms with Gasteiger partial charge in [-0.15, -0.1) is 0 Å². The van der Waals surface area contributed by atoms with E-state index >= 15 is 0 Å². The van der Waals surface area contributed by atoms with Gasteiger partial charge in [0.2, 0.25) is 5.91 Å². The first-order valence-corrected chi connectivity index (χ1v) is 5.55. The van der Waals surface area contributed by atoms with Crippen molar-refractivity contribution >= 4 is 5.91 Å². The van der Waals surface area contributed by atoms with Gasteiger partial charge in [0, 0.05) is 0 Å². The number of halogens is 3. The number of rotatable bonds is 6. The Kier molecular flexibility index (Phi) is 5.17. The van der Waals surface area contributed by atoms with Crippen molar-refractivity contribution in [1.29, 1.82) is 0 Å². The zero-order valence-corrected chi connectivity index (χ0v) is 10.4. The van der Waals surface area contributed by atoms with E-state index in [0.29, 0.717) is 5.56 Å². The van der Waals surface area contributed by atoms with Gasteiger partial charge in [0.1, 0.15) is 0 Å². The van der Waals surface area contributed by atoms with Gasteiger partial charge in [-0.2, -0.15) is 0 Å². The highest BCUT2D eigenvalue weighted by Gasteiger charge is 2.27. The van der Waals surface area contributed by atoms with E-state index in [1.165, 1.54) is 19.2 Å². The summed E-state index contributed by atoms with van der Waals surface area (Å²) in [6.45, 7) is -1.68. The third-order valence-electron chi connectivity index (χ3n) is 2.42. The molecular formula is C12H15F3N2O2. The van der Waals surface area contributed by atoms with Gasteiger partial charge in [0.05, 0.1) is 26.6 Å². The number of carbonyl (C=O) groups is 1. The molecule has 0 aromatic heterocycles. The molecule has 0 radical (unpaired) electrons. The summed E-state index contributed by atoms with van der Waals surface area (Å²) in [5, 5.41) is 2.05. The molecule has 0 unspecified atom stereocenters. The van der Waals surface area contributed by atoms with Crippen molar-refractivity contribution in [3.8, 4) is 5.75 Å². The van der Waals surface area contributed by atoms with Crippen molar-refractivity contribution in [1.82, 2.24) is 5.32 Å². The fourth-order valence-corrected chi connectivity index (χ4v) is 1.37. The van der Waals surface area contributed by atoms with Crippen LogP contribution < -0.4 is 15.8 Å². The Morgan fingerprint density at radius 1 is 1.47 bits per heavy atom. The molecule has 0 saturated carbocycles. The summed E-state index contributed by atoms with van der Waals surface area (Å²) < 4.78 is 43.7. The van der Waals surface area contributed by atoms with Gasteiger partial charge < -0.3 is 15.8 Å². The molecule has 0 saturated heterocycles. The summed E-state index contributed by atoms with van der Waals surface area (Å²) in [4.78, 5) is 11.4. The van der Waals surface area contributed by atoms with Crippen LogP contribution in [0.1, 0.15) is 5.56 Å². The first kappa shape index (κ1) is 15.3. The molecule has 0 bridgehead atoms. The van der Waals surface area contributed by atoms with Gasteiger partial charge >= 0.3 is 0 Å². The standard InChI is InChI=1S/C12H15F3N2O2/c1-19-10-3-2-8(4-9(10)13)5-11(18)17-7-12(14,15)6-16/h2-4H,5-7,16H2,1H3,(H,17,18). The zero-order valence-electron chi connectivity index (χ0n) is 10.4. The van der Waals surface area contributed by atoms with E-state index in [2.05, 4.69) is 0 Å². The van der Waals surface area contributed by atoms with Crippen LogP contribution >= 0.6 is 0 Å². The molecule has 0 aliphatic heterocycles. The van der Waals surface area contributed by atoms with Gasteiger partial charge in [-0.3, -0.25) is 4.79 Å². The molecule has 0 fully saturated rings. The molecule has 3 N–H and O–H groups in total. The number of nitrogens with one attached hydrogen (secondary N) is 1. The van der Waals surface area contributed by atoms with Crippen molar-refractivity contribution < 1.29 is 22.7 Å². The molecule has 0 heterocycles. The summed E-state index contributed by atoms with van der Waals surface area (Å²) in [6.07, 6.45) is -0.193. The normalized spacial score (nSPS) is 11.2. The van der Waals surface area contributed by atoms with Crippen LogP contribution in [-0.2, 0) is 11.2 Å². The zero-order chi connectivity index (χ0) is 14.5. The quantitative estimate of drug-likeness (QED) is 0.817. The number of hydrogen-bond donors (Lipinski definition) is 2. The lowest BCUT2D eigenvalue weighted by Gasteiger charge is -2.14. The van der Waals surface area contributed by atoms with Crippen LogP contribution in [-0.4, -0.2) is 32.0 Å². The van der Waals surface area contributed by atoms with Crippen molar-refractivity contribution in [2.45, 2.75) is 12.3 Å². The molecule has 19 heavy (non-hydrogen) atoms. The summed E-state index contributed by atoms with van der Waals surface area (Å²) in [5.41, 5.74) is 5.20. The van der Waals surface area contributed by atoms with E-state index in [-0.39, 0.29) is 12.2 Å². The molecule has 1 amide bonds. The Morgan fingerprint density at radius 2 is 2.16 bits per heavy atom. The maximum Gasteiger partial charge on any atom is 0.277 e. The van der Waals surface area contributed by atoms with Crippen LogP contribution in [0.4, 0.5) is 13.2 Å². The molecule has 0 atom stereocenters. The summed E-state index contributed by atoms with van der Waals surface area (Å²) in [6, 6.07) is 3.98. The first-order valence-electron chi connectivity index (χ1n) is 5.55. The maximum atomic E-state index is 13.3. The van der Waals surface area contributed by atoms with Crippen LogP contribution in [0.25, 0.3) is 0 Å². The lowest BCUT2D eigenvalue weighted by atomic mass is 10.1. The summed E-state index contributed by atoms with van der Waals surface area (Å²) >= 11 is 0. The van der Waals surface area contributed by atoms with Gasteiger partial charge in [0.25, 0.3) is 5.92 Å². The number of methoxy groups -OCH3 is 1. The van der Waals surface area contributed by atoms with Crippen molar-refractivity contribution in [2.24, 2.45) is 5.73 Å². The Labute approximate surface area is 108 Å². The van der Waals surface area contributed by atoms with E-state index in [0.717, 1.165) is 6.07 Å². The fraction of sp³-hybridized carbons (Fsp3) is 0.417. The van der Waals surface area contributed by atoms with Crippen molar-refractivity contribution in [3.63, 3.8) is 0 Å². The number of carbonyl (C=O) groups excluding carboxylic acids is 1. The van der Waals surface area contributed by atoms with Crippen LogP contribution in [0.15, 0.2) is 18.2 Å². The van der Waals surface area contributed by atoms with Crippen LogP contribution in [0, 0.1) is 5.82 Å². The maximum absolute atomic E-state index is 13.3. The second-order valence-electron chi connectivity index (χ2n) is 3.98. The number of benzene rings is 1. The largest absolute Gasteiger partial charge is 0.494 e. The molecule has 0 aliphatic rings. The Bertz CT molecular complexity index is 453. The van der Waals surface area contributed by atoms with Crippen molar-refractivity contribution in [3.05, 3.63) is 29.6 Å². The van der Waals surface area contributed by atoms with Gasteiger partial charge in [0.15, 0.2) is 11.6 Å². The molecule has 106 valence electrons. The minimum atomic E-state index is -3.14. The minimum absolute atomic E-state index is 0.0545. The molecular weight excluding hydrogens is 261 g/mol. The first-order chi connectivity index (χ1) is 8.88. The predicted octanol–water partition coefficient (Wildman–Crippen LogP) is 1.09. The van der Waals surface area contributed by atoms with E-state index in [9.17, 15) is 18.0 Å². The highest BCUT2D eigenvalue weighted by atomic mass is 19.3. The van der Waals surface area contributed by atoms with Gasteiger partial charge in [-0.05, 0) is 17.7 Å². The monoisotopic (exact) mass is 276 g/mol. The SMILES string of the molecule is COc1ccc(CC(=O)NCC(F)(F)CN)cc1F. The second kappa shape index (κ2) is 6.42. The molecule has 7 heteroatoms. The molecule has 4 nitrogen and oxygen atoms in total. The summed E-state index contributed by atoms with van der Waals surface area (Å²) in [7, 11) is 1.32. The Balaban J connectivity index is 2.55. The lowest BCUT2D eigenvalue weighted by Crippen LogP contribution is -2.42. The van der Waals surface area contributed by atoms with Crippen LogP contribution in [0.2, 0.25) is 0 Å². The molecule has 1 aromatic rings. The average Bonchev–Trinajstić information content (AvgIpc) is 2.37. The average molecular weight is 276 g/mol. The highest BCUT2D eigenvalue weighted by molar-refractivity contribution is 5.78. The van der Waals surface area contributed by atoms with Crippen LogP contribution in [0.3, 0.4) is 0 Å². The number of hydrogen-bond acceptors (Lipinski definition) is 3. The highest BCUT2D eigenvalue weighted by Crippen LogP contribution is 2.18. The molecule has 1 aromatic carbocycles. The lowest BCUT2D eigenvalue weighted by molar-refractivity contribution is -0.122. The predicted molar refractivity (Wildman–Crippen MR) is 63.7 cm³/mol. The van der Waals surface area contributed by atoms with Gasteiger partial charge in [-0.1, -0.05) is 6.07 Å². The van der Waals surface area contributed by atoms with E-state index < -0.39 is 30.7 Å². The molecule has 0 spiro atoms. The third-order valence-corrected chi connectivity index (χ3v) is 2.42. The van der Waals surface area contributed by atoms with E-state index in [1.54, 1.807) is 0 Å². The minimum Gasteiger partial charge on any atom is -0.494 e. The Hall–Kier alpha value is -1.76. The fourth-order valence-electron chi connectivity index (χ4n) is 1.37. The van der Waals surface area contributed by atoms with Gasteiger partial charge in [-0.25, -0.2) is 13.2 Å². The smallest absolute Gasteiger partial charge is 0.277 e. The summed E-state index contributed by atoms with van der Waals surface area (Å²) in [5.74, 6) is -4.32. The number of amides is 1. The number of ether oxygens (including phenoxy) is 1. The third kappa shape index (κ3) is 4.78. The number of nitrogens with two attached hydrogens (primary N) is 1. The van der Waals surface area contributed by atoms with Crippen molar-refractivity contribution in [2.75, 3.05) is 20.2 Å². The van der Waals surface area contributed by atoms with Crippen LogP contribution in [0.5, 0.6) is 5.75 Å². The molecule has 1 rings (SSSR count).